The van der Waals surface area contributed by atoms with E-state index in [1.54, 1.807) is 11.8 Å². The molecule has 0 radical (unpaired) electrons. The molecule has 3 rings (SSSR count). The van der Waals surface area contributed by atoms with Gasteiger partial charge in [-0.05, 0) is 17.6 Å². The van der Waals surface area contributed by atoms with Crippen LogP contribution in [0.4, 0.5) is 0 Å². The van der Waals surface area contributed by atoms with Crippen LogP contribution >= 0.6 is 35.3 Å². The van der Waals surface area contributed by atoms with E-state index in [1.807, 2.05) is 0 Å². The highest BCUT2D eigenvalue weighted by molar-refractivity contribution is 8.15. The fraction of sp³-hybridized carbons (Fsp3) is 0.250. The Hall–Kier alpha value is -1.31. The minimum Gasteiger partial charge on any atom is -0.379 e. The molecule has 1 heterocycles. The Morgan fingerprint density at radius 1 is 1.13 bits per heavy atom. The summed E-state index contributed by atoms with van der Waals surface area (Å²) in [7, 11) is 0. The maximum Gasteiger partial charge on any atom is 0.151 e. The normalized spacial score (nSPS) is 24.9. The quantitative estimate of drug-likeness (QED) is 0.452. The van der Waals surface area contributed by atoms with E-state index in [2.05, 4.69) is 36.5 Å². The van der Waals surface area contributed by atoms with E-state index in [1.165, 1.54) is 44.5 Å². The van der Waals surface area contributed by atoms with Crippen molar-refractivity contribution < 1.29 is 0 Å². The Balaban J connectivity index is 1.96. The van der Waals surface area contributed by atoms with Gasteiger partial charge in [0.25, 0.3) is 0 Å². The Labute approximate surface area is 148 Å². The van der Waals surface area contributed by atoms with Gasteiger partial charge in [0.05, 0.1) is 0 Å². The van der Waals surface area contributed by atoms with Crippen LogP contribution in [0.25, 0.3) is 0 Å². The molecule has 0 aromatic rings. The average Bonchev–Trinajstić information content (AvgIpc) is 2.85. The van der Waals surface area contributed by atoms with Crippen molar-refractivity contribution in [3.63, 3.8) is 0 Å². The van der Waals surface area contributed by atoms with Gasteiger partial charge < -0.3 is 11.5 Å². The summed E-state index contributed by atoms with van der Waals surface area (Å²) in [5, 5.41) is 15.2. The maximum absolute atomic E-state index is 7.46. The van der Waals surface area contributed by atoms with Crippen LogP contribution in [-0.4, -0.2) is 21.8 Å². The summed E-state index contributed by atoms with van der Waals surface area (Å²) in [5.41, 5.74) is 13.5. The summed E-state index contributed by atoms with van der Waals surface area (Å²) in [6.07, 6.45) is 14.0. The van der Waals surface area contributed by atoms with Gasteiger partial charge >= 0.3 is 0 Å². The lowest BCUT2D eigenvalue weighted by Crippen LogP contribution is -2.23. The highest BCUT2D eigenvalue weighted by Gasteiger charge is 2.44. The lowest BCUT2D eigenvalue weighted by molar-refractivity contribution is 0.590. The van der Waals surface area contributed by atoms with Crippen molar-refractivity contribution in [2.24, 2.45) is 16.9 Å². The number of hydrogen-bond acceptors (Lipinski definition) is 5. The van der Waals surface area contributed by atoms with Crippen LogP contribution in [0.1, 0.15) is 6.42 Å². The third kappa shape index (κ3) is 3.18. The summed E-state index contributed by atoms with van der Waals surface area (Å²) in [5.74, 6) is 1.44. The first kappa shape index (κ1) is 16.5. The number of allylic oxidation sites excluding steroid dienone is 8. The summed E-state index contributed by atoms with van der Waals surface area (Å²) < 4.78 is 0. The van der Waals surface area contributed by atoms with E-state index in [4.69, 9.17) is 22.3 Å². The zero-order chi connectivity index (χ0) is 16.4. The van der Waals surface area contributed by atoms with Gasteiger partial charge in [-0.1, -0.05) is 71.7 Å². The fourth-order valence-corrected chi connectivity index (χ4v) is 5.84. The summed E-state index contributed by atoms with van der Waals surface area (Å²) in [4.78, 5) is 2.61. The van der Waals surface area contributed by atoms with E-state index in [9.17, 15) is 0 Å². The summed E-state index contributed by atoms with van der Waals surface area (Å²) in [6.45, 7) is 0. The number of hydrogen-bond donors (Lipinski definition) is 4. The second kappa shape index (κ2) is 6.67. The molecule has 0 fully saturated rings. The molecule has 0 aromatic heterocycles. The van der Waals surface area contributed by atoms with Crippen molar-refractivity contribution >= 4 is 45.6 Å². The molecule has 0 saturated carbocycles. The molecule has 120 valence electrons. The van der Waals surface area contributed by atoms with Gasteiger partial charge in [-0.3, -0.25) is 10.8 Å². The van der Waals surface area contributed by atoms with E-state index in [0.29, 0.717) is 5.75 Å². The van der Waals surface area contributed by atoms with Crippen molar-refractivity contribution in [2.45, 2.75) is 6.42 Å². The van der Waals surface area contributed by atoms with Crippen LogP contribution in [0.15, 0.2) is 57.4 Å². The highest BCUT2D eigenvalue weighted by Crippen LogP contribution is 2.61. The van der Waals surface area contributed by atoms with E-state index in [0.717, 1.165) is 12.2 Å². The molecule has 4 nitrogen and oxygen atoms in total. The van der Waals surface area contributed by atoms with Gasteiger partial charge in [0.15, 0.2) is 10.3 Å². The van der Waals surface area contributed by atoms with Crippen LogP contribution in [0, 0.1) is 16.2 Å². The van der Waals surface area contributed by atoms with Crippen LogP contribution in [0.3, 0.4) is 0 Å². The molecule has 0 amide bonds. The molecule has 0 saturated heterocycles. The Morgan fingerprint density at radius 3 is 2.61 bits per heavy atom. The van der Waals surface area contributed by atoms with Gasteiger partial charge in [0.2, 0.25) is 0 Å². The number of rotatable bonds is 4. The molecular formula is C16H18N4S3. The molecular weight excluding hydrogens is 344 g/mol. The second-order valence-corrected chi connectivity index (χ2v) is 8.53. The fourth-order valence-electron chi connectivity index (χ4n) is 3.02. The topological polar surface area (TPSA) is 99.7 Å². The van der Waals surface area contributed by atoms with Crippen molar-refractivity contribution in [3.8, 4) is 0 Å². The number of amidine groups is 2. The smallest absolute Gasteiger partial charge is 0.151 e. The molecule has 0 aromatic carbocycles. The molecule has 7 heteroatoms. The van der Waals surface area contributed by atoms with Crippen molar-refractivity contribution in [2.75, 3.05) is 11.5 Å². The molecule has 1 unspecified atom stereocenters. The van der Waals surface area contributed by atoms with Crippen molar-refractivity contribution in [1.29, 1.82) is 10.8 Å². The van der Waals surface area contributed by atoms with Gasteiger partial charge in [-0.2, -0.15) is 0 Å². The van der Waals surface area contributed by atoms with Gasteiger partial charge in [-0.15, -0.1) is 0 Å². The minimum atomic E-state index is -0.0759. The Morgan fingerprint density at radius 2 is 1.87 bits per heavy atom. The third-order valence-electron chi connectivity index (χ3n) is 3.96. The largest absolute Gasteiger partial charge is 0.379 e. The van der Waals surface area contributed by atoms with Gasteiger partial charge in [-0.25, -0.2) is 0 Å². The monoisotopic (exact) mass is 362 g/mol. The first-order chi connectivity index (χ1) is 11.0. The van der Waals surface area contributed by atoms with Gasteiger partial charge in [0, 0.05) is 26.7 Å². The molecule has 23 heavy (non-hydrogen) atoms. The Bertz CT molecular complexity index is 715. The lowest BCUT2D eigenvalue weighted by Gasteiger charge is -2.33. The summed E-state index contributed by atoms with van der Waals surface area (Å²) >= 11 is 4.53. The zero-order valence-electron chi connectivity index (χ0n) is 12.5. The predicted octanol–water partition coefficient (Wildman–Crippen LogP) is 3.57. The van der Waals surface area contributed by atoms with E-state index in [-0.39, 0.29) is 15.8 Å². The number of nitrogens with one attached hydrogen (secondary N) is 2. The van der Waals surface area contributed by atoms with Crippen LogP contribution in [0.2, 0.25) is 0 Å². The van der Waals surface area contributed by atoms with E-state index >= 15 is 0 Å². The Kier molecular flexibility index (Phi) is 4.79. The second-order valence-electron chi connectivity index (χ2n) is 5.40. The third-order valence-corrected chi connectivity index (χ3v) is 7.09. The van der Waals surface area contributed by atoms with Crippen LogP contribution < -0.4 is 11.5 Å². The highest BCUT2D eigenvalue weighted by atomic mass is 32.2. The minimum absolute atomic E-state index is 0.0759. The first-order valence-electron chi connectivity index (χ1n) is 7.14. The van der Waals surface area contributed by atoms with Crippen LogP contribution in [0.5, 0.6) is 0 Å². The first-order valence-corrected chi connectivity index (χ1v) is 9.93. The van der Waals surface area contributed by atoms with Gasteiger partial charge in [0.1, 0.15) is 0 Å². The van der Waals surface area contributed by atoms with Crippen LogP contribution in [-0.2, 0) is 0 Å². The maximum atomic E-state index is 7.46. The molecule has 6 N–H and O–H groups in total. The van der Waals surface area contributed by atoms with Crippen molar-refractivity contribution in [3.05, 3.63) is 57.4 Å². The molecule has 3 aliphatic rings. The molecule has 2 aliphatic carbocycles. The standard InChI is InChI=1S/C16H18N4S3/c17-14(18)21-8-10-4-3-7-16-6-2-1-5-11(16)12(23-13(10)16)9-22-15(19)20/h1-6H,7-9H2,(H3,17,18)(H3,19,20). The lowest BCUT2D eigenvalue weighted by atomic mass is 9.71. The average molecular weight is 363 g/mol. The molecule has 1 spiro atoms. The predicted molar refractivity (Wildman–Crippen MR) is 105 cm³/mol. The molecule has 1 atom stereocenters. The number of nitrogens with two attached hydrogens (primary N) is 2. The SMILES string of the molecule is N=C(N)SCC1=C2SC(CSC(=N)N)=C3C=CC=CC32CC=C1. The molecule has 0 bridgehead atoms. The van der Waals surface area contributed by atoms with E-state index < -0.39 is 0 Å². The zero-order valence-corrected chi connectivity index (χ0v) is 14.9. The summed E-state index contributed by atoms with van der Waals surface area (Å²) in [6, 6.07) is 0. The number of thioether (sulfide) groups is 3. The molecule has 1 aliphatic heterocycles. The van der Waals surface area contributed by atoms with Crippen molar-refractivity contribution in [1.82, 2.24) is 0 Å².